The maximum Gasteiger partial charge on any atom is 0.416 e. The largest absolute Gasteiger partial charge is 0.507 e. The Kier molecular flexibility index (Phi) is 4.15. The third kappa shape index (κ3) is 3.13. The summed E-state index contributed by atoms with van der Waals surface area (Å²) in [6.07, 6.45) is -0.242. The van der Waals surface area contributed by atoms with Crippen LogP contribution in [-0.4, -0.2) is 44.1 Å². The Hall–Kier alpha value is -2.94. The van der Waals surface area contributed by atoms with Gasteiger partial charge in [0.1, 0.15) is 17.0 Å². The number of phenols is 1. The van der Waals surface area contributed by atoms with E-state index in [1.54, 1.807) is 18.3 Å². The average Bonchev–Trinajstić information content (AvgIpc) is 3.50. The van der Waals surface area contributed by atoms with E-state index in [2.05, 4.69) is 15.2 Å². The minimum Gasteiger partial charge on any atom is -0.507 e. The van der Waals surface area contributed by atoms with E-state index < -0.39 is 23.1 Å². The molecule has 1 aliphatic heterocycles. The van der Waals surface area contributed by atoms with Crippen molar-refractivity contribution in [1.29, 1.82) is 0 Å². The van der Waals surface area contributed by atoms with Gasteiger partial charge in [-0.1, -0.05) is 0 Å². The Bertz CT molecular complexity index is 1130. The number of alkyl halides is 3. The minimum absolute atomic E-state index is 0.149. The van der Waals surface area contributed by atoms with Gasteiger partial charge in [-0.2, -0.15) is 13.2 Å². The van der Waals surface area contributed by atoms with Crippen molar-refractivity contribution in [2.45, 2.75) is 31.0 Å². The SMILES string of the molecule is Oc1cc(C(F)(F)F)ccc1-c1nnc(N2CCC(O)(C3CC3)C2)c2ncccc12. The molecule has 30 heavy (non-hydrogen) atoms. The normalized spacial score (nSPS) is 22.1. The van der Waals surface area contributed by atoms with E-state index in [0.29, 0.717) is 48.2 Å². The molecule has 2 fully saturated rings. The summed E-state index contributed by atoms with van der Waals surface area (Å²) in [7, 11) is 0. The number of anilines is 1. The molecule has 2 aromatic heterocycles. The van der Waals surface area contributed by atoms with Crippen LogP contribution in [-0.2, 0) is 6.18 Å². The number of phenolic OH excluding ortho intramolecular Hbond substituents is 1. The third-order valence-corrected chi connectivity index (χ3v) is 6.02. The van der Waals surface area contributed by atoms with Crippen molar-refractivity contribution < 1.29 is 23.4 Å². The fourth-order valence-electron chi connectivity index (χ4n) is 4.25. The van der Waals surface area contributed by atoms with E-state index >= 15 is 0 Å². The third-order valence-electron chi connectivity index (χ3n) is 6.02. The molecule has 5 rings (SSSR count). The number of fused-ring (bicyclic) bond motifs is 1. The molecule has 0 radical (unpaired) electrons. The Morgan fingerprint density at radius 1 is 1.13 bits per heavy atom. The number of aromatic hydroxyl groups is 1. The van der Waals surface area contributed by atoms with Crippen LogP contribution < -0.4 is 4.90 Å². The molecule has 0 amide bonds. The molecule has 156 valence electrons. The van der Waals surface area contributed by atoms with Crippen LogP contribution in [0.15, 0.2) is 36.5 Å². The topological polar surface area (TPSA) is 82.4 Å². The van der Waals surface area contributed by atoms with Crippen molar-refractivity contribution >= 4 is 16.7 Å². The highest BCUT2D eigenvalue weighted by atomic mass is 19.4. The molecule has 1 aromatic carbocycles. The lowest BCUT2D eigenvalue weighted by atomic mass is 9.97. The maximum absolute atomic E-state index is 12.9. The van der Waals surface area contributed by atoms with Crippen LogP contribution in [0.3, 0.4) is 0 Å². The monoisotopic (exact) mass is 416 g/mol. The average molecular weight is 416 g/mol. The highest BCUT2D eigenvalue weighted by molar-refractivity contribution is 5.98. The van der Waals surface area contributed by atoms with E-state index in [1.165, 1.54) is 6.07 Å². The van der Waals surface area contributed by atoms with E-state index in [4.69, 9.17) is 0 Å². The molecule has 2 aliphatic rings. The predicted octanol–water partition coefficient (Wildman–Crippen LogP) is 3.77. The van der Waals surface area contributed by atoms with Crippen molar-refractivity contribution in [1.82, 2.24) is 15.2 Å². The van der Waals surface area contributed by atoms with E-state index in [0.717, 1.165) is 18.9 Å². The van der Waals surface area contributed by atoms with E-state index in [1.807, 2.05) is 4.90 Å². The zero-order valence-corrected chi connectivity index (χ0v) is 15.9. The number of β-amino-alcohol motifs (C(OH)–C–C–N with tert-alkyl or cyclic N) is 1. The molecule has 1 atom stereocenters. The summed E-state index contributed by atoms with van der Waals surface area (Å²) in [6, 6.07) is 6.22. The Morgan fingerprint density at radius 2 is 1.93 bits per heavy atom. The van der Waals surface area contributed by atoms with Gasteiger partial charge >= 0.3 is 6.18 Å². The zero-order chi connectivity index (χ0) is 21.1. The van der Waals surface area contributed by atoms with Crippen LogP contribution in [0.1, 0.15) is 24.8 Å². The van der Waals surface area contributed by atoms with Crippen LogP contribution >= 0.6 is 0 Å². The summed E-state index contributed by atoms with van der Waals surface area (Å²) >= 11 is 0. The zero-order valence-electron chi connectivity index (χ0n) is 15.9. The second-order valence-electron chi connectivity index (χ2n) is 8.05. The number of halogens is 3. The number of aromatic nitrogens is 3. The summed E-state index contributed by atoms with van der Waals surface area (Å²) in [5, 5.41) is 30.2. The van der Waals surface area contributed by atoms with Crippen molar-refractivity contribution in [2.75, 3.05) is 18.0 Å². The molecule has 6 nitrogen and oxygen atoms in total. The predicted molar refractivity (Wildman–Crippen MR) is 104 cm³/mol. The summed E-state index contributed by atoms with van der Waals surface area (Å²) in [5.74, 6) is 0.316. The Morgan fingerprint density at radius 3 is 2.63 bits per heavy atom. The maximum atomic E-state index is 12.9. The standard InChI is InChI=1S/C21H19F3N4O2/c22-21(23,24)13-5-6-14(16(29)10-13)17-15-2-1-8-25-18(15)19(27-26-17)28-9-7-20(30,11-28)12-3-4-12/h1-2,5-6,8,10,12,29-30H,3-4,7,9,11H2. The molecule has 1 unspecified atom stereocenters. The van der Waals surface area contributed by atoms with Gasteiger partial charge in [-0.25, -0.2) is 0 Å². The van der Waals surface area contributed by atoms with Crippen LogP contribution in [0, 0.1) is 5.92 Å². The smallest absolute Gasteiger partial charge is 0.416 e. The van der Waals surface area contributed by atoms with Gasteiger partial charge in [0.15, 0.2) is 5.82 Å². The van der Waals surface area contributed by atoms with Gasteiger partial charge in [0.2, 0.25) is 0 Å². The number of hydrogen-bond acceptors (Lipinski definition) is 6. The summed E-state index contributed by atoms with van der Waals surface area (Å²) in [5.41, 5.74) is -0.734. The molecule has 1 saturated heterocycles. The number of nitrogens with zero attached hydrogens (tertiary/aromatic N) is 4. The summed E-state index contributed by atoms with van der Waals surface area (Å²) in [4.78, 5) is 6.37. The molecule has 3 aromatic rings. The van der Waals surface area contributed by atoms with Gasteiger partial charge in [0, 0.05) is 30.2 Å². The van der Waals surface area contributed by atoms with Crippen molar-refractivity contribution in [3.05, 3.63) is 42.1 Å². The van der Waals surface area contributed by atoms with Gasteiger partial charge in [0.05, 0.1) is 11.2 Å². The first kappa shape index (κ1) is 19.0. The number of rotatable bonds is 3. The molecule has 1 aliphatic carbocycles. The van der Waals surface area contributed by atoms with Gasteiger partial charge < -0.3 is 15.1 Å². The molecule has 0 bridgehead atoms. The summed E-state index contributed by atoms with van der Waals surface area (Å²) in [6.45, 7) is 1.07. The lowest BCUT2D eigenvalue weighted by Gasteiger charge is -2.24. The lowest BCUT2D eigenvalue weighted by Crippen LogP contribution is -2.35. The van der Waals surface area contributed by atoms with Crippen molar-refractivity contribution in [3.8, 4) is 17.0 Å². The van der Waals surface area contributed by atoms with Gasteiger partial charge in [-0.05, 0) is 55.5 Å². The quantitative estimate of drug-likeness (QED) is 0.677. The number of pyridine rings is 1. The molecule has 1 saturated carbocycles. The molecule has 3 heterocycles. The highest BCUT2D eigenvalue weighted by Crippen LogP contribution is 2.46. The van der Waals surface area contributed by atoms with E-state index in [9.17, 15) is 23.4 Å². The van der Waals surface area contributed by atoms with Gasteiger partial charge in [-0.3, -0.25) is 4.98 Å². The van der Waals surface area contributed by atoms with Gasteiger partial charge in [0.25, 0.3) is 0 Å². The molecule has 9 heteroatoms. The van der Waals surface area contributed by atoms with Gasteiger partial charge in [-0.15, -0.1) is 10.2 Å². The first-order valence-electron chi connectivity index (χ1n) is 9.75. The molecule has 0 spiro atoms. The van der Waals surface area contributed by atoms with Crippen LogP contribution in [0.4, 0.5) is 19.0 Å². The molecular formula is C21H19F3N4O2. The summed E-state index contributed by atoms with van der Waals surface area (Å²) < 4.78 is 38.8. The van der Waals surface area contributed by atoms with Crippen molar-refractivity contribution in [3.63, 3.8) is 0 Å². The number of hydrogen-bond donors (Lipinski definition) is 2. The van der Waals surface area contributed by atoms with E-state index in [-0.39, 0.29) is 11.3 Å². The van der Waals surface area contributed by atoms with Crippen LogP contribution in [0.25, 0.3) is 22.2 Å². The minimum atomic E-state index is -4.55. The first-order valence-corrected chi connectivity index (χ1v) is 9.75. The Balaban J connectivity index is 1.57. The van der Waals surface area contributed by atoms with Crippen LogP contribution in [0.5, 0.6) is 5.75 Å². The fraction of sp³-hybridized carbons (Fsp3) is 0.381. The Labute approximate surface area is 170 Å². The lowest BCUT2D eigenvalue weighted by molar-refractivity contribution is -0.137. The molecular weight excluding hydrogens is 397 g/mol. The first-order chi connectivity index (χ1) is 14.3. The highest BCUT2D eigenvalue weighted by Gasteiger charge is 2.48. The fourth-order valence-corrected chi connectivity index (χ4v) is 4.25. The molecule has 2 N–H and O–H groups in total. The second kappa shape index (κ2) is 6.53. The van der Waals surface area contributed by atoms with Crippen LogP contribution in [0.2, 0.25) is 0 Å². The number of aliphatic hydroxyl groups is 1. The number of benzene rings is 1. The second-order valence-corrected chi connectivity index (χ2v) is 8.05. The van der Waals surface area contributed by atoms with Crippen molar-refractivity contribution in [2.24, 2.45) is 5.92 Å².